The van der Waals surface area contributed by atoms with Crippen molar-refractivity contribution >= 4 is 17.7 Å². The highest BCUT2D eigenvalue weighted by atomic mass is 32.2. The zero-order chi connectivity index (χ0) is 20.1. The Morgan fingerprint density at radius 3 is 2.50 bits per heavy atom. The Hall–Kier alpha value is -2.95. The Balaban J connectivity index is 1.70. The molecule has 1 aromatic carbocycles. The van der Waals surface area contributed by atoms with Crippen LogP contribution in [0.1, 0.15) is 17.1 Å². The van der Waals surface area contributed by atoms with Crippen molar-refractivity contribution in [3.05, 3.63) is 65.9 Å². The molecule has 11 heteroatoms. The van der Waals surface area contributed by atoms with E-state index in [1.54, 1.807) is 17.0 Å². The van der Waals surface area contributed by atoms with Gasteiger partial charge in [0.25, 0.3) is 5.82 Å². The lowest BCUT2D eigenvalue weighted by Gasteiger charge is -2.21. The molecule has 28 heavy (non-hydrogen) atoms. The van der Waals surface area contributed by atoms with Crippen molar-refractivity contribution in [2.45, 2.75) is 24.4 Å². The van der Waals surface area contributed by atoms with Crippen LogP contribution in [0.3, 0.4) is 0 Å². The van der Waals surface area contributed by atoms with E-state index in [0.717, 1.165) is 17.3 Å². The monoisotopic (exact) mass is 411 g/mol. The number of alkyl halides is 3. The number of rotatable bonds is 7. The smallest absolute Gasteiger partial charge is 0.453 e. The number of hydrogen-bond donors (Lipinski definition) is 1. The Morgan fingerprint density at radius 2 is 1.89 bits per heavy atom. The van der Waals surface area contributed by atoms with Crippen LogP contribution in [0.15, 0.2) is 58.3 Å². The van der Waals surface area contributed by atoms with Crippen LogP contribution in [0.25, 0.3) is 0 Å². The molecule has 148 valence electrons. The van der Waals surface area contributed by atoms with Gasteiger partial charge in [-0.1, -0.05) is 42.1 Å². The first kappa shape index (κ1) is 19.8. The highest BCUT2D eigenvalue weighted by molar-refractivity contribution is 7.99. The summed E-state index contributed by atoms with van der Waals surface area (Å²) in [7, 11) is 0. The Labute approximate surface area is 162 Å². The minimum atomic E-state index is -4.72. The summed E-state index contributed by atoms with van der Waals surface area (Å²) in [5.41, 5.74) is 0.911. The largest absolute Gasteiger partial charge is 0.467 e. The van der Waals surface area contributed by atoms with Crippen molar-refractivity contribution in [2.75, 3.05) is 11.6 Å². The molecule has 7 nitrogen and oxygen atoms in total. The molecule has 1 amide bonds. The molecule has 0 radical (unpaired) electrons. The van der Waals surface area contributed by atoms with Gasteiger partial charge in [-0.05, 0) is 17.7 Å². The normalized spacial score (nSPS) is 11.5. The third-order valence-corrected chi connectivity index (χ3v) is 4.67. The number of thioether (sulfide) groups is 1. The molecule has 0 aliphatic heterocycles. The highest BCUT2D eigenvalue weighted by Crippen LogP contribution is 2.29. The summed E-state index contributed by atoms with van der Waals surface area (Å²) in [4.78, 5) is 14.2. The van der Waals surface area contributed by atoms with Gasteiger partial charge in [-0.25, -0.2) is 4.68 Å². The van der Waals surface area contributed by atoms with Gasteiger partial charge in [-0.2, -0.15) is 13.2 Å². The molecular formula is C17H16F3N5O2S. The molecule has 2 aromatic heterocycles. The SMILES string of the molecule is Nn1c(SCC(=O)N(Cc2ccccc2)Cc2ccco2)nnc1C(F)(F)F. The van der Waals surface area contributed by atoms with Gasteiger partial charge in [-0.15, -0.1) is 10.2 Å². The summed E-state index contributed by atoms with van der Waals surface area (Å²) in [5, 5.41) is 6.26. The Morgan fingerprint density at radius 1 is 1.14 bits per heavy atom. The number of nitrogens with zero attached hydrogens (tertiary/aromatic N) is 4. The molecule has 2 N–H and O–H groups in total. The predicted octanol–water partition coefficient (Wildman–Crippen LogP) is 2.92. The molecule has 0 fully saturated rings. The minimum absolute atomic E-state index is 0.152. The van der Waals surface area contributed by atoms with Crippen molar-refractivity contribution in [3.8, 4) is 0 Å². The Bertz CT molecular complexity index is 913. The summed E-state index contributed by atoms with van der Waals surface area (Å²) < 4.78 is 43.9. The number of carbonyl (C=O) groups is 1. The number of nitrogen functional groups attached to an aromatic ring is 1. The number of halogens is 3. The van der Waals surface area contributed by atoms with Crippen molar-refractivity contribution in [3.63, 3.8) is 0 Å². The lowest BCUT2D eigenvalue weighted by Crippen LogP contribution is -2.31. The number of benzene rings is 1. The molecule has 0 aliphatic carbocycles. The number of nitrogens with two attached hydrogens (primary N) is 1. The van der Waals surface area contributed by atoms with Gasteiger partial charge in [0.1, 0.15) is 5.76 Å². The fraction of sp³-hybridized carbons (Fsp3) is 0.235. The van der Waals surface area contributed by atoms with E-state index in [-0.39, 0.29) is 23.4 Å². The van der Waals surface area contributed by atoms with Crippen LogP contribution in [0.4, 0.5) is 13.2 Å². The topological polar surface area (TPSA) is 90.2 Å². The molecule has 2 heterocycles. The van der Waals surface area contributed by atoms with Gasteiger partial charge in [0, 0.05) is 6.54 Å². The molecule has 0 aliphatic rings. The molecule has 0 atom stereocenters. The molecule has 0 spiro atoms. The first-order valence-corrected chi connectivity index (χ1v) is 9.07. The van der Waals surface area contributed by atoms with Gasteiger partial charge < -0.3 is 15.2 Å². The van der Waals surface area contributed by atoms with E-state index in [9.17, 15) is 18.0 Å². The Kier molecular flexibility index (Phi) is 5.93. The second-order valence-electron chi connectivity index (χ2n) is 5.78. The van der Waals surface area contributed by atoms with E-state index in [2.05, 4.69) is 10.2 Å². The van der Waals surface area contributed by atoms with Crippen LogP contribution in [-0.2, 0) is 24.1 Å². The zero-order valence-electron chi connectivity index (χ0n) is 14.5. The van der Waals surface area contributed by atoms with Crippen LogP contribution >= 0.6 is 11.8 Å². The maximum atomic E-state index is 12.7. The first-order chi connectivity index (χ1) is 13.3. The summed E-state index contributed by atoms with van der Waals surface area (Å²) in [6, 6.07) is 12.8. The summed E-state index contributed by atoms with van der Waals surface area (Å²) in [6.45, 7) is 0.550. The molecule has 3 aromatic rings. The van der Waals surface area contributed by atoms with Gasteiger partial charge in [0.2, 0.25) is 11.1 Å². The number of hydrogen-bond acceptors (Lipinski definition) is 6. The molecule has 0 saturated heterocycles. The molecule has 0 bridgehead atoms. The van der Waals surface area contributed by atoms with Crippen LogP contribution in [0.2, 0.25) is 0 Å². The van der Waals surface area contributed by atoms with E-state index in [1.807, 2.05) is 30.3 Å². The number of carbonyl (C=O) groups excluding carboxylic acids is 1. The van der Waals surface area contributed by atoms with Crippen LogP contribution < -0.4 is 5.84 Å². The first-order valence-electron chi connectivity index (χ1n) is 8.09. The van der Waals surface area contributed by atoms with Crippen molar-refractivity contribution in [2.24, 2.45) is 0 Å². The van der Waals surface area contributed by atoms with Crippen molar-refractivity contribution in [1.29, 1.82) is 0 Å². The fourth-order valence-electron chi connectivity index (χ4n) is 2.41. The zero-order valence-corrected chi connectivity index (χ0v) is 15.3. The van der Waals surface area contributed by atoms with Crippen molar-refractivity contribution < 1.29 is 22.4 Å². The third-order valence-electron chi connectivity index (χ3n) is 3.74. The lowest BCUT2D eigenvalue weighted by atomic mass is 10.2. The lowest BCUT2D eigenvalue weighted by molar-refractivity contribution is -0.146. The van der Waals surface area contributed by atoms with E-state index in [0.29, 0.717) is 17.0 Å². The standard InChI is InChI=1S/C17H16F3N5O2S/c18-17(19,20)15-22-23-16(25(15)21)28-11-14(26)24(10-13-7-4-8-27-13)9-12-5-2-1-3-6-12/h1-8H,9-11,21H2. The van der Waals surface area contributed by atoms with Gasteiger partial charge in [0.05, 0.1) is 18.6 Å². The second-order valence-corrected chi connectivity index (χ2v) is 6.72. The van der Waals surface area contributed by atoms with Crippen LogP contribution in [0.5, 0.6) is 0 Å². The fourth-order valence-corrected chi connectivity index (χ4v) is 3.17. The van der Waals surface area contributed by atoms with Gasteiger partial charge in [-0.3, -0.25) is 4.79 Å². The average molecular weight is 411 g/mol. The van der Waals surface area contributed by atoms with E-state index in [4.69, 9.17) is 10.3 Å². The predicted molar refractivity (Wildman–Crippen MR) is 95.3 cm³/mol. The van der Waals surface area contributed by atoms with E-state index < -0.39 is 12.0 Å². The van der Waals surface area contributed by atoms with Crippen LogP contribution in [0, 0.1) is 0 Å². The van der Waals surface area contributed by atoms with Gasteiger partial charge >= 0.3 is 6.18 Å². The van der Waals surface area contributed by atoms with E-state index in [1.165, 1.54) is 6.26 Å². The van der Waals surface area contributed by atoms with Crippen LogP contribution in [-0.4, -0.2) is 31.4 Å². The minimum Gasteiger partial charge on any atom is -0.467 e. The average Bonchev–Trinajstić information content (AvgIpc) is 3.29. The maximum Gasteiger partial charge on any atom is 0.453 e. The number of furan rings is 1. The summed E-state index contributed by atoms with van der Waals surface area (Å²) >= 11 is 0.786. The number of aromatic nitrogens is 3. The summed E-state index contributed by atoms with van der Waals surface area (Å²) in [6.07, 6.45) is -3.21. The van der Waals surface area contributed by atoms with Gasteiger partial charge in [0.15, 0.2) is 0 Å². The quantitative estimate of drug-likeness (QED) is 0.475. The second kappa shape index (κ2) is 8.38. The summed E-state index contributed by atoms with van der Waals surface area (Å²) in [5.74, 6) is 4.21. The molecule has 3 rings (SSSR count). The third kappa shape index (κ3) is 4.85. The van der Waals surface area contributed by atoms with E-state index >= 15 is 0 Å². The molecule has 0 saturated carbocycles. The van der Waals surface area contributed by atoms with Crippen molar-refractivity contribution in [1.82, 2.24) is 19.8 Å². The molecular weight excluding hydrogens is 395 g/mol. The molecule has 0 unspecified atom stereocenters. The maximum absolute atomic E-state index is 12.7. The highest BCUT2D eigenvalue weighted by Gasteiger charge is 2.38. The number of amides is 1.